The van der Waals surface area contributed by atoms with E-state index in [2.05, 4.69) is 35.9 Å². The van der Waals surface area contributed by atoms with Crippen molar-refractivity contribution in [1.29, 1.82) is 0 Å². The van der Waals surface area contributed by atoms with E-state index in [0.717, 1.165) is 25.6 Å². The second kappa shape index (κ2) is 8.71. The summed E-state index contributed by atoms with van der Waals surface area (Å²) in [7, 11) is -2.92. The molecule has 1 unspecified atom stereocenters. The van der Waals surface area contributed by atoms with Gasteiger partial charge < -0.3 is 10.2 Å². The number of aliphatic imine (C=N–C) groups is 1. The van der Waals surface area contributed by atoms with Gasteiger partial charge in [-0.05, 0) is 51.1 Å². The summed E-state index contributed by atoms with van der Waals surface area (Å²) in [6.45, 7) is 12.4. The van der Waals surface area contributed by atoms with Gasteiger partial charge in [0.15, 0.2) is 5.96 Å². The Bertz CT molecular complexity index is 553. The number of sulfone groups is 1. The molecule has 0 saturated carbocycles. The van der Waals surface area contributed by atoms with E-state index in [0.29, 0.717) is 19.0 Å². The van der Waals surface area contributed by atoms with E-state index in [9.17, 15) is 8.42 Å². The molecule has 0 spiro atoms. The van der Waals surface area contributed by atoms with E-state index in [1.54, 1.807) is 0 Å². The third-order valence-electron chi connectivity index (χ3n) is 5.26. The number of rotatable bonds is 7. The summed E-state index contributed by atoms with van der Waals surface area (Å²) in [5, 5.41) is 3.42. The van der Waals surface area contributed by atoms with Gasteiger partial charge in [0.2, 0.25) is 0 Å². The van der Waals surface area contributed by atoms with Crippen LogP contribution >= 0.6 is 0 Å². The zero-order chi connectivity index (χ0) is 18.5. The van der Waals surface area contributed by atoms with Crippen LogP contribution in [0.15, 0.2) is 4.99 Å². The van der Waals surface area contributed by atoms with Gasteiger partial charge in [0, 0.05) is 38.5 Å². The lowest BCUT2D eigenvalue weighted by molar-refractivity contribution is 0.249. The van der Waals surface area contributed by atoms with Crippen molar-refractivity contribution in [1.82, 2.24) is 15.1 Å². The Morgan fingerprint density at radius 2 is 1.92 bits per heavy atom. The molecule has 2 fully saturated rings. The quantitative estimate of drug-likeness (QED) is 0.543. The predicted molar refractivity (Wildman–Crippen MR) is 105 cm³/mol. The summed E-state index contributed by atoms with van der Waals surface area (Å²) in [4.78, 5) is 9.85. The zero-order valence-corrected chi connectivity index (χ0v) is 17.2. The van der Waals surface area contributed by atoms with Crippen molar-refractivity contribution in [2.45, 2.75) is 52.5 Å². The third-order valence-corrected chi connectivity index (χ3v) is 6.21. The molecule has 0 aromatic rings. The zero-order valence-electron chi connectivity index (χ0n) is 16.4. The first-order chi connectivity index (χ1) is 11.7. The smallest absolute Gasteiger partial charge is 0.193 e. The molecule has 1 N–H and O–H groups in total. The molecule has 2 saturated heterocycles. The number of guanidine groups is 1. The lowest BCUT2D eigenvalue weighted by atomic mass is 9.90. The summed E-state index contributed by atoms with van der Waals surface area (Å²) in [6, 6.07) is 0.657. The van der Waals surface area contributed by atoms with Crippen LogP contribution in [0.5, 0.6) is 0 Å². The third kappa shape index (κ3) is 6.77. The Hall–Kier alpha value is -0.820. The molecule has 0 bridgehead atoms. The van der Waals surface area contributed by atoms with Crippen molar-refractivity contribution in [3.63, 3.8) is 0 Å². The number of hydrogen-bond donors (Lipinski definition) is 1. The van der Waals surface area contributed by atoms with Crippen molar-refractivity contribution in [2.75, 3.05) is 51.3 Å². The lowest BCUT2D eigenvalue weighted by Crippen LogP contribution is -2.43. The summed E-state index contributed by atoms with van der Waals surface area (Å²) >= 11 is 0. The van der Waals surface area contributed by atoms with E-state index in [-0.39, 0.29) is 11.2 Å². The Kier molecular flexibility index (Phi) is 7.14. The van der Waals surface area contributed by atoms with Crippen LogP contribution in [0.4, 0.5) is 0 Å². The summed E-state index contributed by atoms with van der Waals surface area (Å²) in [6.07, 6.45) is 5.82. The second-order valence-electron chi connectivity index (χ2n) is 8.35. The highest BCUT2D eigenvalue weighted by Crippen LogP contribution is 2.23. The van der Waals surface area contributed by atoms with Gasteiger partial charge in [-0.3, -0.25) is 9.89 Å². The number of nitrogens with one attached hydrogen (secondary N) is 1. The monoisotopic (exact) mass is 372 g/mol. The molecule has 7 heteroatoms. The average Bonchev–Trinajstić information content (AvgIpc) is 3.19. The van der Waals surface area contributed by atoms with Gasteiger partial charge in [-0.2, -0.15) is 0 Å². The first-order valence-corrected chi connectivity index (χ1v) is 11.7. The van der Waals surface area contributed by atoms with Crippen LogP contribution in [-0.2, 0) is 9.84 Å². The average molecular weight is 373 g/mol. The molecule has 2 rings (SSSR count). The first-order valence-electron chi connectivity index (χ1n) is 9.65. The molecule has 1 atom stereocenters. The second-order valence-corrected chi connectivity index (χ2v) is 10.6. The van der Waals surface area contributed by atoms with E-state index in [1.165, 1.54) is 38.6 Å². The van der Waals surface area contributed by atoms with Gasteiger partial charge in [0.1, 0.15) is 9.84 Å². The molecule has 2 heterocycles. The summed E-state index contributed by atoms with van der Waals surface area (Å²) in [5.74, 6) is 1.21. The van der Waals surface area contributed by atoms with Crippen LogP contribution in [0.2, 0.25) is 0 Å². The Morgan fingerprint density at radius 1 is 1.24 bits per heavy atom. The molecule has 25 heavy (non-hydrogen) atoms. The Labute approximate surface area is 154 Å². The highest BCUT2D eigenvalue weighted by atomic mass is 32.2. The van der Waals surface area contributed by atoms with Crippen molar-refractivity contribution < 1.29 is 8.42 Å². The molecule has 0 aromatic heterocycles. The standard InChI is InChI=1S/C18H36N4O2S/c1-5-19-17(20-15-18(2,3)9-13-25(4,23)24)22-12-8-16(14-22)21-10-6-7-11-21/h16H,5-15H2,1-4H3,(H,19,20). The van der Waals surface area contributed by atoms with E-state index in [4.69, 9.17) is 4.99 Å². The van der Waals surface area contributed by atoms with E-state index in [1.807, 2.05) is 0 Å². The molecule has 0 radical (unpaired) electrons. The van der Waals surface area contributed by atoms with Gasteiger partial charge in [0.25, 0.3) is 0 Å². The van der Waals surface area contributed by atoms with Crippen LogP contribution in [0.3, 0.4) is 0 Å². The minimum Gasteiger partial charge on any atom is -0.357 e. The van der Waals surface area contributed by atoms with Crippen molar-refractivity contribution >= 4 is 15.8 Å². The van der Waals surface area contributed by atoms with E-state index >= 15 is 0 Å². The molecule has 146 valence electrons. The van der Waals surface area contributed by atoms with Crippen molar-refractivity contribution in [2.24, 2.45) is 10.4 Å². The van der Waals surface area contributed by atoms with Gasteiger partial charge in [-0.15, -0.1) is 0 Å². The van der Waals surface area contributed by atoms with Crippen LogP contribution in [0.1, 0.15) is 46.5 Å². The molecule has 6 nitrogen and oxygen atoms in total. The Morgan fingerprint density at radius 3 is 2.52 bits per heavy atom. The maximum atomic E-state index is 11.4. The van der Waals surface area contributed by atoms with Gasteiger partial charge >= 0.3 is 0 Å². The minimum absolute atomic E-state index is 0.113. The van der Waals surface area contributed by atoms with Crippen LogP contribution in [-0.4, -0.2) is 81.5 Å². The van der Waals surface area contributed by atoms with E-state index < -0.39 is 9.84 Å². The van der Waals surface area contributed by atoms with Crippen LogP contribution < -0.4 is 5.32 Å². The molecule has 0 amide bonds. The highest BCUT2D eigenvalue weighted by molar-refractivity contribution is 7.90. The fourth-order valence-corrected chi connectivity index (χ4v) is 4.52. The lowest BCUT2D eigenvalue weighted by Gasteiger charge is -2.27. The van der Waals surface area contributed by atoms with Gasteiger partial charge in [-0.25, -0.2) is 8.42 Å². The molecule has 0 aromatic carbocycles. The van der Waals surface area contributed by atoms with Crippen LogP contribution in [0, 0.1) is 5.41 Å². The maximum Gasteiger partial charge on any atom is 0.193 e. The summed E-state index contributed by atoms with van der Waals surface area (Å²) in [5.41, 5.74) is -0.113. The molecule has 2 aliphatic rings. The number of nitrogens with zero attached hydrogens (tertiary/aromatic N) is 3. The largest absolute Gasteiger partial charge is 0.357 e. The van der Waals surface area contributed by atoms with Gasteiger partial charge in [-0.1, -0.05) is 13.8 Å². The molecular formula is C18H36N4O2S. The molecule has 0 aliphatic carbocycles. The molecular weight excluding hydrogens is 336 g/mol. The molecule has 2 aliphatic heterocycles. The maximum absolute atomic E-state index is 11.4. The van der Waals surface area contributed by atoms with Gasteiger partial charge in [0.05, 0.1) is 5.75 Å². The minimum atomic E-state index is -2.92. The topological polar surface area (TPSA) is 65.0 Å². The summed E-state index contributed by atoms with van der Waals surface area (Å²) < 4.78 is 22.9. The highest BCUT2D eigenvalue weighted by Gasteiger charge is 2.31. The fraction of sp³-hybridized carbons (Fsp3) is 0.944. The normalized spacial score (nSPS) is 23.4. The number of hydrogen-bond acceptors (Lipinski definition) is 4. The predicted octanol–water partition coefficient (Wildman–Crippen LogP) is 1.58. The SMILES string of the molecule is CCNC(=NCC(C)(C)CCS(C)(=O)=O)N1CCC(N2CCCC2)C1. The van der Waals surface area contributed by atoms with Crippen LogP contribution in [0.25, 0.3) is 0 Å². The number of likely N-dealkylation sites (tertiary alicyclic amines) is 2. The van der Waals surface area contributed by atoms with Crippen molar-refractivity contribution in [3.05, 3.63) is 0 Å². The fourth-order valence-electron chi connectivity index (χ4n) is 3.59. The Balaban J connectivity index is 1.93. The first kappa shape index (κ1) is 20.5. The van der Waals surface area contributed by atoms with Crippen molar-refractivity contribution in [3.8, 4) is 0 Å².